The van der Waals surface area contributed by atoms with Crippen LogP contribution in [0.5, 0.6) is 0 Å². The van der Waals surface area contributed by atoms with Crippen LogP contribution in [0.3, 0.4) is 0 Å². The molecule has 0 bridgehead atoms. The molecular formula is C18H26N4O2. The molecule has 130 valence electrons. The normalized spacial score (nSPS) is 18.4. The van der Waals surface area contributed by atoms with E-state index in [1.54, 1.807) is 12.5 Å². The van der Waals surface area contributed by atoms with E-state index in [9.17, 15) is 5.11 Å². The summed E-state index contributed by atoms with van der Waals surface area (Å²) in [7, 11) is 0. The predicted octanol–water partition coefficient (Wildman–Crippen LogP) is 1.22. The number of benzene rings is 1. The Morgan fingerprint density at radius 2 is 2.00 bits per heavy atom. The highest BCUT2D eigenvalue weighted by Crippen LogP contribution is 2.15. The van der Waals surface area contributed by atoms with Crippen LogP contribution in [0.4, 0.5) is 0 Å². The minimum atomic E-state index is -0.365. The van der Waals surface area contributed by atoms with Crippen LogP contribution in [0.15, 0.2) is 43.0 Å². The zero-order chi connectivity index (χ0) is 16.8. The first-order valence-corrected chi connectivity index (χ1v) is 8.52. The van der Waals surface area contributed by atoms with Crippen LogP contribution in [-0.2, 0) is 4.74 Å². The summed E-state index contributed by atoms with van der Waals surface area (Å²) in [5.74, 6) is 0. The van der Waals surface area contributed by atoms with Crippen molar-refractivity contribution in [1.29, 1.82) is 0 Å². The first-order valence-electron chi connectivity index (χ1n) is 8.52. The zero-order valence-electron chi connectivity index (χ0n) is 14.1. The van der Waals surface area contributed by atoms with Crippen molar-refractivity contribution in [2.75, 3.05) is 39.4 Å². The number of imidazole rings is 1. The van der Waals surface area contributed by atoms with E-state index >= 15 is 0 Å². The molecule has 24 heavy (non-hydrogen) atoms. The molecule has 1 aromatic heterocycles. The van der Waals surface area contributed by atoms with Gasteiger partial charge < -0.3 is 19.7 Å². The van der Waals surface area contributed by atoms with Gasteiger partial charge in [0.25, 0.3) is 0 Å². The van der Waals surface area contributed by atoms with Gasteiger partial charge in [0, 0.05) is 50.3 Å². The Balaban J connectivity index is 1.46. The van der Waals surface area contributed by atoms with Crippen LogP contribution in [0.1, 0.15) is 18.5 Å². The van der Waals surface area contributed by atoms with E-state index in [1.165, 1.54) is 5.56 Å². The first kappa shape index (κ1) is 17.1. The van der Waals surface area contributed by atoms with Crippen molar-refractivity contribution in [2.24, 2.45) is 0 Å². The van der Waals surface area contributed by atoms with Gasteiger partial charge in [-0.1, -0.05) is 12.1 Å². The second kappa shape index (κ2) is 8.39. The van der Waals surface area contributed by atoms with Crippen molar-refractivity contribution in [3.8, 4) is 5.69 Å². The number of β-amino-alcohol motifs (C(OH)–C–C–N with tert-alkyl or cyclic N) is 1. The maximum absolute atomic E-state index is 10.2. The quantitative estimate of drug-likeness (QED) is 0.799. The van der Waals surface area contributed by atoms with E-state index in [0.29, 0.717) is 13.1 Å². The van der Waals surface area contributed by atoms with Crippen LogP contribution in [0.25, 0.3) is 5.69 Å². The Morgan fingerprint density at radius 1 is 1.25 bits per heavy atom. The van der Waals surface area contributed by atoms with Crippen molar-refractivity contribution in [1.82, 2.24) is 19.8 Å². The van der Waals surface area contributed by atoms with Crippen LogP contribution in [0, 0.1) is 0 Å². The topological polar surface area (TPSA) is 62.6 Å². The third-order valence-electron chi connectivity index (χ3n) is 4.43. The van der Waals surface area contributed by atoms with Crippen LogP contribution >= 0.6 is 0 Å². The number of aliphatic hydroxyl groups is 1. The summed E-state index contributed by atoms with van der Waals surface area (Å²) >= 11 is 0. The van der Waals surface area contributed by atoms with Crippen molar-refractivity contribution in [3.05, 3.63) is 48.5 Å². The number of rotatable bonds is 7. The fourth-order valence-electron chi connectivity index (χ4n) is 2.92. The summed E-state index contributed by atoms with van der Waals surface area (Å²) in [5.41, 5.74) is 2.30. The molecule has 2 aromatic rings. The number of hydrogen-bond acceptors (Lipinski definition) is 5. The molecular weight excluding hydrogens is 304 g/mol. The number of aromatic nitrogens is 2. The van der Waals surface area contributed by atoms with Crippen LogP contribution in [-0.4, -0.2) is 65.1 Å². The highest BCUT2D eigenvalue weighted by Gasteiger charge is 2.15. The lowest BCUT2D eigenvalue weighted by molar-refractivity contribution is 0.0145. The number of nitrogens with zero attached hydrogens (tertiary/aromatic N) is 3. The number of hydrogen-bond donors (Lipinski definition) is 2. The molecule has 2 heterocycles. The van der Waals surface area contributed by atoms with E-state index in [-0.39, 0.29) is 12.1 Å². The Kier molecular flexibility index (Phi) is 5.98. The number of aliphatic hydroxyl groups excluding tert-OH is 1. The lowest BCUT2D eigenvalue weighted by Gasteiger charge is -2.29. The fourth-order valence-corrected chi connectivity index (χ4v) is 2.92. The standard InChI is InChI=1S/C18H26N4O2/c1-15(20-12-18(23)13-21-8-10-24-11-9-21)16-2-4-17(5-3-16)22-7-6-19-14-22/h2-7,14-15,18,20,23H,8-13H2,1H3/t15-,18-/m1/s1. The number of ether oxygens (including phenoxy) is 1. The molecule has 0 amide bonds. The van der Waals surface area contributed by atoms with E-state index in [0.717, 1.165) is 32.0 Å². The van der Waals surface area contributed by atoms with Gasteiger partial charge in [-0.2, -0.15) is 0 Å². The molecule has 6 nitrogen and oxygen atoms in total. The minimum Gasteiger partial charge on any atom is -0.390 e. The van der Waals surface area contributed by atoms with E-state index in [1.807, 2.05) is 10.8 Å². The summed E-state index contributed by atoms with van der Waals surface area (Å²) in [5, 5.41) is 13.6. The van der Waals surface area contributed by atoms with E-state index in [4.69, 9.17) is 4.74 Å². The molecule has 1 aromatic carbocycles. The molecule has 2 N–H and O–H groups in total. The second-order valence-electron chi connectivity index (χ2n) is 6.26. The smallest absolute Gasteiger partial charge is 0.0991 e. The van der Waals surface area contributed by atoms with Gasteiger partial charge in [0.1, 0.15) is 0 Å². The second-order valence-corrected chi connectivity index (χ2v) is 6.26. The van der Waals surface area contributed by atoms with Gasteiger partial charge in [0.15, 0.2) is 0 Å². The van der Waals surface area contributed by atoms with Gasteiger partial charge in [-0.25, -0.2) is 4.98 Å². The van der Waals surface area contributed by atoms with Gasteiger partial charge in [-0.3, -0.25) is 4.90 Å². The average molecular weight is 330 g/mol. The molecule has 1 aliphatic rings. The Hall–Kier alpha value is -1.73. The van der Waals surface area contributed by atoms with Crippen molar-refractivity contribution in [3.63, 3.8) is 0 Å². The van der Waals surface area contributed by atoms with E-state index in [2.05, 4.69) is 46.4 Å². The molecule has 0 unspecified atom stereocenters. The van der Waals surface area contributed by atoms with Gasteiger partial charge in [0.2, 0.25) is 0 Å². The molecule has 3 rings (SSSR count). The fraction of sp³-hybridized carbons (Fsp3) is 0.500. The van der Waals surface area contributed by atoms with Crippen molar-refractivity contribution in [2.45, 2.75) is 19.1 Å². The minimum absolute atomic E-state index is 0.196. The molecule has 1 aliphatic heterocycles. The molecule has 1 fully saturated rings. The van der Waals surface area contributed by atoms with Gasteiger partial charge in [0.05, 0.1) is 25.6 Å². The zero-order valence-corrected chi connectivity index (χ0v) is 14.1. The first-order chi connectivity index (χ1) is 11.7. The van der Waals surface area contributed by atoms with Crippen LogP contribution < -0.4 is 5.32 Å². The average Bonchev–Trinajstić information content (AvgIpc) is 3.15. The predicted molar refractivity (Wildman–Crippen MR) is 93.2 cm³/mol. The van der Waals surface area contributed by atoms with Gasteiger partial charge >= 0.3 is 0 Å². The van der Waals surface area contributed by atoms with Gasteiger partial charge in [-0.05, 0) is 24.6 Å². The number of morpholine rings is 1. The molecule has 6 heteroatoms. The highest BCUT2D eigenvalue weighted by molar-refractivity contribution is 5.35. The maximum atomic E-state index is 10.2. The molecule has 1 saturated heterocycles. The van der Waals surface area contributed by atoms with Crippen LogP contribution in [0.2, 0.25) is 0 Å². The molecule has 2 atom stereocenters. The van der Waals surface area contributed by atoms with Crippen molar-refractivity contribution >= 4 is 0 Å². The maximum Gasteiger partial charge on any atom is 0.0991 e. The summed E-state index contributed by atoms with van der Waals surface area (Å²) in [6.45, 7) is 6.74. The van der Waals surface area contributed by atoms with E-state index < -0.39 is 0 Å². The highest BCUT2D eigenvalue weighted by atomic mass is 16.5. The van der Waals surface area contributed by atoms with Crippen molar-refractivity contribution < 1.29 is 9.84 Å². The monoisotopic (exact) mass is 330 g/mol. The third kappa shape index (κ3) is 4.64. The lowest BCUT2D eigenvalue weighted by Crippen LogP contribution is -2.44. The SMILES string of the molecule is C[C@@H](NC[C@@H](O)CN1CCOCC1)c1ccc(-n2ccnc2)cc1. The Labute approximate surface area is 143 Å². The Morgan fingerprint density at radius 3 is 2.67 bits per heavy atom. The third-order valence-corrected chi connectivity index (χ3v) is 4.43. The molecule has 0 saturated carbocycles. The Bertz CT molecular complexity index is 594. The summed E-state index contributed by atoms with van der Waals surface area (Å²) in [4.78, 5) is 6.31. The summed E-state index contributed by atoms with van der Waals surface area (Å²) in [6, 6.07) is 8.59. The molecule has 0 aliphatic carbocycles. The molecule has 0 radical (unpaired) electrons. The summed E-state index contributed by atoms with van der Waals surface area (Å²) < 4.78 is 7.31. The lowest BCUT2D eigenvalue weighted by atomic mass is 10.1. The summed E-state index contributed by atoms with van der Waals surface area (Å²) in [6.07, 6.45) is 5.13. The largest absolute Gasteiger partial charge is 0.390 e. The van der Waals surface area contributed by atoms with Gasteiger partial charge in [-0.15, -0.1) is 0 Å². The number of nitrogens with one attached hydrogen (secondary N) is 1. The molecule has 0 spiro atoms.